The molecule has 0 bridgehead atoms. The van der Waals surface area contributed by atoms with Crippen LogP contribution in [0.15, 0.2) is 47.4 Å². The minimum Gasteiger partial charge on any atom is -0.387 e. The van der Waals surface area contributed by atoms with E-state index < -0.39 is 18.1 Å². The highest BCUT2D eigenvalue weighted by molar-refractivity contribution is 8.00. The summed E-state index contributed by atoms with van der Waals surface area (Å²) in [6.07, 6.45) is 2.12. The Morgan fingerprint density at radius 1 is 1.26 bits per heavy atom. The van der Waals surface area contributed by atoms with Crippen molar-refractivity contribution in [1.29, 1.82) is 0 Å². The Hall–Kier alpha value is -2.59. The maximum absolute atomic E-state index is 11.4. The molecule has 3 aromatic rings. The number of carbonyl (C=O) groups is 1. The van der Waals surface area contributed by atoms with Crippen LogP contribution in [0.25, 0.3) is 11.0 Å². The van der Waals surface area contributed by atoms with E-state index in [9.17, 15) is 4.79 Å². The van der Waals surface area contributed by atoms with E-state index in [2.05, 4.69) is 46.2 Å². The lowest BCUT2D eigenvalue weighted by Crippen LogP contribution is -2.28. The summed E-state index contributed by atoms with van der Waals surface area (Å²) in [5.41, 5.74) is 3.25. The maximum Gasteiger partial charge on any atom is 0.250 e. The van der Waals surface area contributed by atoms with Crippen molar-refractivity contribution >= 4 is 40.3 Å². The monoisotopic (exact) mass is 498 g/mol. The Balaban J connectivity index is 1.57. The Bertz CT molecular complexity index is 1160. The molecule has 2 heterocycles. The molecule has 0 atom stereocenters. The zero-order chi connectivity index (χ0) is 25.0. The second-order valence-corrected chi connectivity index (χ2v) is 10.5. The van der Waals surface area contributed by atoms with E-state index in [-0.39, 0.29) is 0 Å². The van der Waals surface area contributed by atoms with Gasteiger partial charge in [0, 0.05) is 50.2 Å². The van der Waals surface area contributed by atoms with Crippen LogP contribution in [-0.4, -0.2) is 54.5 Å². The van der Waals surface area contributed by atoms with Crippen molar-refractivity contribution in [2.24, 2.45) is 5.92 Å². The molecule has 1 aliphatic heterocycles. The summed E-state index contributed by atoms with van der Waals surface area (Å²) in [5.74, 6) is 1.08. The molecular formula is C26H34N4O4S. The number of methoxy groups -OCH3 is 1. The Labute approximate surface area is 210 Å². The first-order chi connectivity index (χ1) is 16.8. The zero-order valence-electron chi connectivity index (χ0n) is 20.8. The van der Waals surface area contributed by atoms with Crippen LogP contribution in [-0.2, 0) is 26.4 Å². The fraction of sp³-hybridized carbons (Fsp3) is 0.462. The minimum absolute atomic E-state index is 0.428. The van der Waals surface area contributed by atoms with Crippen molar-refractivity contribution < 1.29 is 19.4 Å². The molecule has 1 saturated heterocycles. The number of nitrogens with zero attached hydrogens (tertiary/aromatic N) is 3. The third kappa shape index (κ3) is 5.98. The molecule has 4 rings (SSSR count). The van der Waals surface area contributed by atoms with E-state index in [4.69, 9.17) is 19.6 Å². The van der Waals surface area contributed by atoms with Gasteiger partial charge in [0.05, 0.1) is 11.0 Å². The normalized spacial score (nSPS) is 14.9. The van der Waals surface area contributed by atoms with E-state index >= 15 is 0 Å². The number of ether oxygens (including phenoxy) is 2. The molecule has 0 aliphatic carbocycles. The van der Waals surface area contributed by atoms with E-state index in [0.29, 0.717) is 11.6 Å². The highest BCUT2D eigenvalue weighted by Gasteiger charge is 2.29. The number of benzene rings is 2. The van der Waals surface area contributed by atoms with Gasteiger partial charge in [-0.3, -0.25) is 4.79 Å². The van der Waals surface area contributed by atoms with Gasteiger partial charge in [-0.05, 0) is 87.0 Å². The first-order valence-electron chi connectivity index (χ1n) is 11.9. The molecule has 1 aliphatic rings. The van der Waals surface area contributed by atoms with E-state index in [1.54, 1.807) is 19.1 Å². The lowest BCUT2D eigenvalue weighted by atomic mass is 9.99. The first-order valence-corrected chi connectivity index (χ1v) is 12.6. The van der Waals surface area contributed by atoms with Gasteiger partial charge in [-0.2, -0.15) is 0 Å². The SMILES string of the molecule is COC(C)(C)c1nc2cc(N(C)Sc3ccc(NC(=O)CO)cc3)ccc2n1CC1CCOCC1. The average molecular weight is 499 g/mol. The van der Waals surface area contributed by atoms with Crippen molar-refractivity contribution in [3.05, 3.63) is 48.3 Å². The highest BCUT2D eigenvalue weighted by atomic mass is 32.2. The summed E-state index contributed by atoms with van der Waals surface area (Å²) in [7, 11) is 3.75. The summed E-state index contributed by atoms with van der Waals surface area (Å²) in [6.45, 7) is 6.14. The van der Waals surface area contributed by atoms with Crippen molar-refractivity contribution in [3.63, 3.8) is 0 Å². The summed E-state index contributed by atoms with van der Waals surface area (Å²) >= 11 is 1.59. The maximum atomic E-state index is 11.4. The van der Waals surface area contributed by atoms with Crippen LogP contribution in [0.5, 0.6) is 0 Å². The smallest absolute Gasteiger partial charge is 0.250 e. The number of aliphatic hydroxyl groups is 1. The van der Waals surface area contributed by atoms with E-state index in [0.717, 1.165) is 60.0 Å². The lowest BCUT2D eigenvalue weighted by Gasteiger charge is -2.27. The molecule has 0 saturated carbocycles. The number of rotatable bonds is 9. The second kappa shape index (κ2) is 11.0. The van der Waals surface area contributed by atoms with Crippen molar-refractivity contribution in [2.45, 2.75) is 43.7 Å². The molecule has 9 heteroatoms. The molecule has 0 unspecified atom stereocenters. The minimum atomic E-state index is -0.532. The quantitative estimate of drug-likeness (QED) is 0.422. The predicted octanol–water partition coefficient (Wildman–Crippen LogP) is 4.42. The molecule has 2 aromatic carbocycles. The number of anilines is 2. The van der Waals surface area contributed by atoms with Crippen LogP contribution in [0.4, 0.5) is 11.4 Å². The number of fused-ring (bicyclic) bond motifs is 1. The number of imidazole rings is 1. The molecule has 1 fully saturated rings. The van der Waals surface area contributed by atoms with Gasteiger partial charge < -0.3 is 28.8 Å². The van der Waals surface area contributed by atoms with Crippen molar-refractivity contribution in [2.75, 3.05) is 43.6 Å². The number of hydrogen-bond donors (Lipinski definition) is 2. The van der Waals surface area contributed by atoms with E-state index in [1.807, 2.05) is 31.3 Å². The van der Waals surface area contributed by atoms with Gasteiger partial charge in [0.1, 0.15) is 18.0 Å². The number of nitrogens with one attached hydrogen (secondary N) is 1. The van der Waals surface area contributed by atoms with Gasteiger partial charge in [-0.1, -0.05) is 0 Å². The summed E-state index contributed by atoms with van der Waals surface area (Å²) < 4.78 is 15.8. The van der Waals surface area contributed by atoms with Crippen LogP contribution in [0.3, 0.4) is 0 Å². The molecule has 8 nitrogen and oxygen atoms in total. The zero-order valence-corrected chi connectivity index (χ0v) is 21.6. The molecular weight excluding hydrogens is 464 g/mol. The van der Waals surface area contributed by atoms with Gasteiger partial charge >= 0.3 is 0 Å². The standard InChI is InChI=1S/C26H34N4O4S/c1-26(2,33-4)25-28-22-15-20(7-10-23(22)30(25)16-18-11-13-34-14-12-18)29(3)35-21-8-5-19(6-9-21)27-24(32)17-31/h5-10,15,18,31H,11-14,16-17H2,1-4H3,(H,27,32). The highest BCUT2D eigenvalue weighted by Crippen LogP contribution is 2.34. The van der Waals surface area contributed by atoms with Crippen LogP contribution >= 0.6 is 11.9 Å². The number of hydrogen-bond acceptors (Lipinski definition) is 7. The van der Waals surface area contributed by atoms with Gasteiger partial charge in [0.25, 0.3) is 0 Å². The summed E-state index contributed by atoms with van der Waals surface area (Å²) in [4.78, 5) is 17.4. The predicted molar refractivity (Wildman–Crippen MR) is 140 cm³/mol. The van der Waals surface area contributed by atoms with Gasteiger partial charge in [0.2, 0.25) is 5.91 Å². The fourth-order valence-electron chi connectivity index (χ4n) is 4.25. The third-order valence-corrected chi connectivity index (χ3v) is 7.42. The number of amides is 1. The van der Waals surface area contributed by atoms with Crippen LogP contribution in [0.1, 0.15) is 32.5 Å². The molecule has 2 N–H and O–H groups in total. The van der Waals surface area contributed by atoms with E-state index in [1.165, 1.54) is 0 Å². The summed E-state index contributed by atoms with van der Waals surface area (Å²) in [5, 5.41) is 11.5. The number of carbonyl (C=O) groups excluding carboxylic acids is 1. The average Bonchev–Trinajstić information content (AvgIpc) is 3.24. The molecule has 35 heavy (non-hydrogen) atoms. The Morgan fingerprint density at radius 2 is 1.97 bits per heavy atom. The van der Waals surface area contributed by atoms with Crippen LogP contribution in [0, 0.1) is 5.92 Å². The van der Waals surface area contributed by atoms with Gasteiger partial charge in [0.15, 0.2) is 0 Å². The molecule has 1 aromatic heterocycles. The Kier molecular flexibility index (Phi) is 8.01. The van der Waals surface area contributed by atoms with Crippen LogP contribution in [0.2, 0.25) is 0 Å². The fourth-order valence-corrected chi connectivity index (χ4v) is 5.04. The van der Waals surface area contributed by atoms with Gasteiger partial charge in [-0.15, -0.1) is 0 Å². The number of aliphatic hydroxyl groups excluding tert-OH is 1. The largest absolute Gasteiger partial charge is 0.387 e. The molecule has 0 radical (unpaired) electrons. The van der Waals surface area contributed by atoms with Crippen molar-refractivity contribution in [3.8, 4) is 0 Å². The van der Waals surface area contributed by atoms with Gasteiger partial charge in [-0.25, -0.2) is 4.98 Å². The second-order valence-electron chi connectivity index (χ2n) is 9.31. The Morgan fingerprint density at radius 3 is 2.63 bits per heavy atom. The molecule has 0 spiro atoms. The first kappa shape index (κ1) is 25.5. The number of aromatic nitrogens is 2. The summed E-state index contributed by atoms with van der Waals surface area (Å²) in [6, 6.07) is 13.9. The third-order valence-electron chi connectivity index (χ3n) is 6.45. The van der Waals surface area contributed by atoms with Crippen LogP contribution < -0.4 is 9.62 Å². The molecule has 188 valence electrons. The molecule has 1 amide bonds. The lowest BCUT2D eigenvalue weighted by molar-refractivity contribution is -0.118. The topological polar surface area (TPSA) is 88.9 Å². The van der Waals surface area contributed by atoms with Crippen molar-refractivity contribution in [1.82, 2.24) is 9.55 Å².